The summed E-state index contributed by atoms with van der Waals surface area (Å²) in [6.45, 7) is 0.558. The van der Waals surface area contributed by atoms with Gasteiger partial charge in [0.2, 0.25) is 0 Å². The molecule has 0 aliphatic heterocycles. The lowest BCUT2D eigenvalue weighted by atomic mass is 10.4. The number of aromatic nitrogens is 4. The van der Waals surface area contributed by atoms with E-state index in [-0.39, 0.29) is 5.91 Å². The van der Waals surface area contributed by atoms with Crippen LogP contribution in [0.1, 0.15) is 10.5 Å². The zero-order valence-electron chi connectivity index (χ0n) is 10.8. The van der Waals surface area contributed by atoms with Crippen LogP contribution < -0.4 is 5.32 Å². The molecule has 0 radical (unpaired) electrons. The molecule has 3 heterocycles. The maximum Gasteiger partial charge on any atom is 0.270 e. The normalized spacial score (nSPS) is 10.7. The fourth-order valence-corrected chi connectivity index (χ4v) is 3.82. The van der Waals surface area contributed by atoms with Crippen LogP contribution in [0, 0.1) is 0 Å². The molecule has 108 valence electrons. The van der Waals surface area contributed by atoms with Gasteiger partial charge in [-0.3, -0.25) is 4.79 Å². The Bertz CT molecular complexity index is 692. The molecule has 0 aliphatic rings. The summed E-state index contributed by atoms with van der Waals surface area (Å²) in [5, 5.41) is 18.5. The minimum atomic E-state index is -0.144. The Labute approximate surface area is 133 Å². The van der Waals surface area contributed by atoms with Gasteiger partial charge in [-0.2, -0.15) is 10.3 Å². The minimum absolute atomic E-state index is 0.144. The molecular formula is C12H11N5OS3. The van der Waals surface area contributed by atoms with Crippen LogP contribution in [0.2, 0.25) is 0 Å². The summed E-state index contributed by atoms with van der Waals surface area (Å²) in [4.78, 5) is 17.4. The van der Waals surface area contributed by atoms with Gasteiger partial charge >= 0.3 is 0 Å². The van der Waals surface area contributed by atoms with Crippen molar-refractivity contribution in [1.29, 1.82) is 0 Å². The van der Waals surface area contributed by atoms with Crippen LogP contribution in [-0.4, -0.2) is 38.6 Å². The highest BCUT2D eigenvalue weighted by Crippen LogP contribution is 2.27. The third-order valence-electron chi connectivity index (χ3n) is 2.50. The quantitative estimate of drug-likeness (QED) is 0.533. The van der Waals surface area contributed by atoms with Gasteiger partial charge < -0.3 is 5.32 Å². The number of thioether (sulfide) groups is 1. The molecule has 0 spiro atoms. The Balaban J connectivity index is 1.49. The van der Waals surface area contributed by atoms with E-state index in [1.165, 1.54) is 23.1 Å². The molecule has 0 fully saturated rings. The molecule has 3 aromatic rings. The van der Waals surface area contributed by atoms with Crippen LogP contribution in [0.4, 0.5) is 0 Å². The SMILES string of the molecule is O=C(NCCSc1cn[nH]n1)c1csc(-c2cccs2)n1. The molecule has 6 nitrogen and oxygen atoms in total. The predicted octanol–water partition coefficient (Wildman–Crippen LogP) is 2.51. The molecule has 0 saturated heterocycles. The predicted molar refractivity (Wildman–Crippen MR) is 84.9 cm³/mol. The Kier molecular flexibility index (Phi) is 4.63. The molecule has 3 aromatic heterocycles. The molecule has 0 unspecified atom stereocenters. The first-order valence-corrected chi connectivity index (χ1v) is 8.83. The lowest BCUT2D eigenvalue weighted by Gasteiger charge is -2.01. The van der Waals surface area contributed by atoms with Crippen LogP contribution in [0.25, 0.3) is 9.88 Å². The van der Waals surface area contributed by atoms with Crippen molar-refractivity contribution < 1.29 is 4.79 Å². The lowest BCUT2D eigenvalue weighted by molar-refractivity contribution is 0.0952. The van der Waals surface area contributed by atoms with Crippen LogP contribution in [0.15, 0.2) is 34.1 Å². The number of amides is 1. The number of H-pyrrole nitrogens is 1. The van der Waals surface area contributed by atoms with Crippen LogP contribution >= 0.6 is 34.4 Å². The Hall–Kier alpha value is -1.71. The third-order valence-corrected chi connectivity index (χ3v) is 5.28. The van der Waals surface area contributed by atoms with Crippen molar-refractivity contribution in [3.63, 3.8) is 0 Å². The van der Waals surface area contributed by atoms with E-state index in [1.54, 1.807) is 22.9 Å². The standard InChI is InChI=1S/C12H11N5OS3/c18-11(13-3-5-20-10-6-14-17-16-10)8-7-21-12(15-8)9-2-1-4-19-9/h1-2,4,6-7H,3,5H2,(H,13,18)(H,14,16,17). The Morgan fingerprint density at radius 2 is 2.38 bits per heavy atom. The molecular weight excluding hydrogens is 326 g/mol. The minimum Gasteiger partial charge on any atom is -0.350 e. The maximum atomic E-state index is 12.0. The number of nitrogens with zero attached hydrogens (tertiary/aromatic N) is 3. The van der Waals surface area contributed by atoms with E-state index in [9.17, 15) is 4.79 Å². The summed E-state index contributed by atoms with van der Waals surface area (Å²) in [7, 11) is 0. The van der Waals surface area contributed by atoms with Gasteiger partial charge in [-0.25, -0.2) is 4.98 Å². The number of nitrogens with one attached hydrogen (secondary N) is 2. The average Bonchev–Trinajstić information content (AvgIpc) is 3.25. The van der Waals surface area contributed by atoms with Crippen molar-refractivity contribution in [3.05, 3.63) is 34.8 Å². The summed E-state index contributed by atoms with van der Waals surface area (Å²) in [6, 6.07) is 3.97. The monoisotopic (exact) mass is 337 g/mol. The number of rotatable bonds is 6. The number of hydrogen-bond donors (Lipinski definition) is 2. The number of hydrogen-bond acceptors (Lipinski definition) is 7. The topological polar surface area (TPSA) is 83.6 Å². The molecule has 0 saturated carbocycles. The largest absolute Gasteiger partial charge is 0.350 e. The number of carbonyl (C=O) groups excluding carboxylic acids is 1. The second-order valence-corrected chi connectivity index (χ2v) is 6.85. The smallest absolute Gasteiger partial charge is 0.270 e. The first-order valence-electron chi connectivity index (χ1n) is 6.09. The fourth-order valence-electron chi connectivity index (χ4n) is 1.56. The highest BCUT2D eigenvalue weighted by Gasteiger charge is 2.11. The molecule has 0 aromatic carbocycles. The molecule has 0 aliphatic carbocycles. The van der Waals surface area contributed by atoms with Gasteiger partial charge in [-0.05, 0) is 11.4 Å². The zero-order valence-corrected chi connectivity index (χ0v) is 13.2. The Morgan fingerprint density at radius 3 is 3.14 bits per heavy atom. The van der Waals surface area contributed by atoms with Crippen LogP contribution in [-0.2, 0) is 0 Å². The molecule has 1 amide bonds. The van der Waals surface area contributed by atoms with Crippen molar-refractivity contribution in [2.45, 2.75) is 5.03 Å². The van der Waals surface area contributed by atoms with Gasteiger partial charge in [0.15, 0.2) is 0 Å². The van der Waals surface area contributed by atoms with E-state index >= 15 is 0 Å². The van der Waals surface area contributed by atoms with Crippen molar-refractivity contribution >= 4 is 40.3 Å². The van der Waals surface area contributed by atoms with Crippen LogP contribution in [0.3, 0.4) is 0 Å². The van der Waals surface area contributed by atoms with E-state index in [2.05, 4.69) is 25.7 Å². The summed E-state index contributed by atoms with van der Waals surface area (Å²) in [5.74, 6) is 0.593. The highest BCUT2D eigenvalue weighted by atomic mass is 32.2. The maximum absolute atomic E-state index is 12.0. The molecule has 0 bridgehead atoms. The number of carbonyl (C=O) groups is 1. The molecule has 2 N–H and O–H groups in total. The zero-order chi connectivity index (χ0) is 14.5. The molecule has 3 rings (SSSR count). The van der Waals surface area contributed by atoms with Crippen molar-refractivity contribution in [3.8, 4) is 9.88 Å². The van der Waals surface area contributed by atoms with Gasteiger partial charge in [0.1, 0.15) is 15.7 Å². The Morgan fingerprint density at radius 1 is 1.43 bits per heavy atom. The first kappa shape index (κ1) is 14.2. The van der Waals surface area contributed by atoms with E-state index in [0.29, 0.717) is 12.2 Å². The van der Waals surface area contributed by atoms with E-state index in [4.69, 9.17) is 0 Å². The second-order valence-electron chi connectivity index (χ2n) is 3.93. The summed E-state index contributed by atoms with van der Waals surface area (Å²) in [6.07, 6.45) is 1.65. The summed E-state index contributed by atoms with van der Waals surface area (Å²) in [5.41, 5.74) is 0.467. The van der Waals surface area contributed by atoms with Gasteiger partial charge in [-0.1, -0.05) is 6.07 Å². The molecule has 21 heavy (non-hydrogen) atoms. The fraction of sp³-hybridized carbons (Fsp3) is 0.167. The lowest BCUT2D eigenvalue weighted by Crippen LogP contribution is -2.25. The summed E-state index contributed by atoms with van der Waals surface area (Å²) < 4.78 is 0. The van der Waals surface area contributed by atoms with Crippen molar-refractivity contribution in [2.75, 3.05) is 12.3 Å². The highest BCUT2D eigenvalue weighted by molar-refractivity contribution is 7.99. The number of thiophene rings is 1. The van der Waals surface area contributed by atoms with Gasteiger partial charge in [0.05, 0.1) is 11.1 Å². The van der Waals surface area contributed by atoms with Gasteiger partial charge in [0.25, 0.3) is 5.91 Å². The number of thiazole rings is 1. The van der Waals surface area contributed by atoms with E-state index < -0.39 is 0 Å². The average molecular weight is 337 g/mol. The molecule has 9 heteroatoms. The number of aromatic amines is 1. The van der Waals surface area contributed by atoms with Crippen molar-refractivity contribution in [2.24, 2.45) is 0 Å². The van der Waals surface area contributed by atoms with Crippen LogP contribution in [0.5, 0.6) is 0 Å². The third kappa shape index (κ3) is 3.69. The first-order chi connectivity index (χ1) is 10.3. The van der Waals surface area contributed by atoms with Gasteiger partial charge in [-0.15, -0.1) is 39.5 Å². The van der Waals surface area contributed by atoms with E-state index in [1.807, 2.05) is 17.5 Å². The van der Waals surface area contributed by atoms with Gasteiger partial charge in [0, 0.05) is 17.7 Å². The second kappa shape index (κ2) is 6.83. The summed E-state index contributed by atoms with van der Waals surface area (Å²) >= 11 is 4.63. The van der Waals surface area contributed by atoms with Crippen molar-refractivity contribution in [1.82, 2.24) is 25.7 Å². The van der Waals surface area contributed by atoms with E-state index in [0.717, 1.165) is 20.7 Å². The molecule has 0 atom stereocenters.